The first-order chi connectivity index (χ1) is 16.7. The summed E-state index contributed by atoms with van der Waals surface area (Å²) < 4.78 is 10.0. The molecular weight excluding hydrogens is 472 g/mol. The molecule has 2 aromatic rings. The number of likely N-dealkylation sites (N-methyl/N-ethyl adjacent to an activating group) is 1. The van der Waals surface area contributed by atoms with Crippen LogP contribution in [-0.4, -0.2) is 65.5 Å². The average molecular weight is 499 g/mol. The van der Waals surface area contributed by atoms with E-state index in [9.17, 15) is 19.2 Å². The van der Waals surface area contributed by atoms with Gasteiger partial charge in [-0.05, 0) is 61.1 Å². The van der Waals surface area contributed by atoms with Gasteiger partial charge in [-0.25, -0.2) is 9.80 Å². The number of anilines is 1. The van der Waals surface area contributed by atoms with Gasteiger partial charge in [0.15, 0.2) is 5.11 Å². The minimum Gasteiger partial charge on any atom is -0.497 e. The molecule has 1 heterocycles. The number of carbonyl (C=O) groups is 4. The SMILES string of the molecule is CCOC(=O)c1ccc(NC(=O)CC2C(=O)N(C)C(=S)N2NC(=O)Cc2ccc(OC)cc2)cc1. The minimum atomic E-state index is -0.994. The summed E-state index contributed by atoms with van der Waals surface area (Å²) in [7, 11) is 3.04. The molecule has 35 heavy (non-hydrogen) atoms. The number of nitrogens with zero attached hydrogens (tertiary/aromatic N) is 2. The predicted octanol–water partition coefficient (Wildman–Crippen LogP) is 1.90. The molecule has 0 aliphatic carbocycles. The van der Waals surface area contributed by atoms with Gasteiger partial charge in [0.2, 0.25) is 11.8 Å². The van der Waals surface area contributed by atoms with Crippen LogP contribution < -0.4 is 15.5 Å². The summed E-state index contributed by atoms with van der Waals surface area (Å²) in [6.07, 6.45) is -0.196. The number of benzene rings is 2. The lowest BCUT2D eigenvalue weighted by molar-refractivity contribution is -0.132. The molecule has 0 bridgehead atoms. The van der Waals surface area contributed by atoms with E-state index in [0.717, 1.165) is 5.56 Å². The zero-order chi connectivity index (χ0) is 25.5. The number of carbonyl (C=O) groups excluding carboxylic acids is 4. The Bertz CT molecular complexity index is 1120. The van der Waals surface area contributed by atoms with Crippen molar-refractivity contribution in [2.45, 2.75) is 25.8 Å². The Morgan fingerprint density at radius 2 is 1.69 bits per heavy atom. The van der Waals surface area contributed by atoms with Crippen molar-refractivity contribution in [3.8, 4) is 5.75 Å². The third kappa shape index (κ3) is 6.33. The Balaban J connectivity index is 1.63. The van der Waals surface area contributed by atoms with Crippen LogP contribution in [0.4, 0.5) is 5.69 Å². The zero-order valence-corrected chi connectivity index (χ0v) is 20.4. The molecule has 11 heteroatoms. The molecule has 1 aliphatic rings. The van der Waals surface area contributed by atoms with Gasteiger partial charge in [0, 0.05) is 12.7 Å². The third-order valence-corrected chi connectivity index (χ3v) is 5.72. The first-order valence-corrected chi connectivity index (χ1v) is 11.2. The van der Waals surface area contributed by atoms with Crippen molar-refractivity contribution in [3.63, 3.8) is 0 Å². The van der Waals surface area contributed by atoms with Crippen LogP contribution in [-0.2, 0) is 25.5 Å². The van der Waals surface area contributed by atoms with Crippen LogP contribution in [0.3, 0.4) is 0 Å². The van der Waals surface area contributed by atoms with E-state index >= 15 is 0 Å². The number of hydrogen-bond acceptors (Lipinski definition) is 7. The molecule has 1 fully saturated rings. The van der Waals surface area contributed by atoms with E-state index in [1.165, 1.54) is 29.1 Å². The number of thiocarbonyl (C=S) groups is 1. The van der Waals surface area contributed by atoms with Crippen molar-refractivity contribution < 1.29 is 28.7 Å². The van der Waals surface area contributed by atoms with E-state index in [4.69, 9.17) is 21.7 Å². The van der Waals surface area contributed by atoms with Crippen LogP contribution in [0.5, 0.6) is 5.75 Å². The van der Waals surface area contributed by atoms with Gasteiger partial charge in [-0.3, -0.25) is 24.7 Å². The maximum Gasteiger partial charge on any atom is 0.338 e. The van der Waals surface area contributed by atoms with Gasteiger partial charge in [0.05, 0.1) is 32.1 Å². The lowest BCUT2D eigenvalue weighted by Crippen LogP contribution is -2.50. The summed E-state index contributed by atoms with van der Waals surface area (Å²) in [6, 6.07) is 12.2. The molecule has 0 saturated carbocycles. The van der Waals surface area contributed by atoms with Crippen molar-refractivity contribution in [2.24, 2.45) is 0 Å². The number of rotatable bonds is 9. The van der Waals surface area contributed by atoms with E-state index in [-0.39, 0.29) is 30.5 Å². The van der Waals surface area contributed by atoms with Crippen LogP contribution in [0.15, 0.2) is 48.5 Å². The largest absolute Gasteiger partial charge is 0.497 e. The lowest BCUT2D eigenvalue weighted by Gasteiger charge is -2.24. The van der Waals surface area contributed by atoms with Gasteiger partial charge < -0.3 is 14.8 Å². The van der Waals surface area contributed by atoms with Crippen molar-refractivity contribution in [2.75, 3.05) is 26.1 Å². The molecule has 1 saturated heterocycles. The molecule has 10 nitrogen and oxygen atoms in total. The van der Waals surface area contributed by atoms with Crippen LogP contribution in [0.1, 0.15) is 29.3 Å². The minimum absolute atomic E-state index is 0.0484. The van der Waals surface area contributed by atoms with Crippen LogP contribution in [0.25, 0.3) is 0 Å². The summed E-state index contributed by atoms with van der Waals surface area (Å²) in [5.41, 5.74) is 4.19. The quantitative estimate of drug-likeness (QED) is 0.398. The summed E-state index contributed by atoms with van der Waals surface area (Å²) in [4.78, 5) is 51.0. The molecule has 1 unspecified atom stereocenters. The van der Waals surface area contributed by atoms with E-state index in [1.54, 1.807) is 50.4 Å². The molecule has 2 aromatic carbocycles. The van der Waals surface area contributed by atoms with Crippen LogP contribution in [0.2, 0.25) is 0 Å². The number of nitrogens with one attached hydrogen (secondary N) is 2. The summed E-state index contributed by atoms with van der Waals surface area (Å²) in [5, 5.41) is 4.02. The standard InChI is InChI=1S/C24H26N4O6S/c1-4-34-23(32)16-7-9-17(10-8-16)25-20(29)14-19-22(31)27(2)24(35)28(19)26-21(30)13-15-5-11-18(33-3)12-6-15/h5-12,19H,4,13-14H2,1-3H3,(H,25,29)(H,26,30). The second-order valence-electron chi connectivity index (χ2n) is 7.68. The molecule has 2 N–H and O–H groups in total. The topological polar surface area (TPSA) is 117 Å². The maximum absolute atomic E-state index is 12.7. The number of methoxy groups -OCH3 is 1. The summed E-state index contributed by atoms with van der Waals surface area (Å²) in [6.45, 7) is 1.97. The average Bonchev–Trinajstić information content (AvgIpc) is 3.03. The molecule has 1 atom stereocenters. The lowest BCUT2D eigenvalue weighted by atomic mass is 10.1. The number of hydrazine groups is 1. The van der Waals surface area contributed by atoms with E-state index in [1.807, 2.05) is 0 Å². The first kappa shape index (κ1) is 25.6. The third-order valence-electron chi connectivity index (χ3n) is 5.25. The second kappa shape index (κ2) is 11.4. The fraction of sp³-hybridized carbons (Fsp3) is 0.292. The molecule has 184 valence electrons. The van der Waals surface area contributed by atoms with Gasteiger partial charge in [-0.1, -0.05) is 12.1 Å². The Morgan fingerprint density at radius 3 is 2.29 bits per heavy atom. The second-order valence-corrected chi connectivity index (χ2v) is 8.04. The predicted molar refractivity (Wildman–Crippen MR) is 131 cm³/mol. The molecular formula is C24H26N4O6S. The van der Waals surface area contributed by atoms with Gasteiger partial charge in [-0.2, -0.15) is 0 Å². The fourth-order valence-corrected chi connectivity index (χ4v) is 3.68. The molecule has 0 radical (unpaired) electrons. The van der Waals surface area contributed by atoms with Gasteiger partial charge in [0.25, 0.3) is 5.91 Å². The van der Waals surface area contributed by atoms with Gasteiger partial charge in [-0.15, -0.1) is 0 Å². The van der Waals surface area contributed by atoms with Crippen LogP contribution in [0, 0.1) is 0 Å². The summed E-state index contributed by atoms with van der Waals surface area (Å²) >= 11 is 5.30. The highest BCUT2D eigenvalue weighted by molar-refractivity contribution is 7.80. The monoisotopic (exact) mass is 498 g/mol. The molecule has 3 rings (SSSR count). The highest BCUT2D eigenvalue weighted by atomic mass is 32.1. The molecule has 0 aromatic heterocycles. The number of hydrogen-bond donors (Lipinski definition) is 2. The highest BCUT2D eigenvalue weighted by Gasteiger charge is 2.42. The molecule has 1 aliphatic heterocycles. The van der Waals surface area contributed by atoms with Gasteiger partial charge in [0.1, 0.15) is 11.8 Å². The Hall–Kier alpha value is -3.99. The summed E-state index contributed by atoms with van der Waals surface area (Å²) in [5.74, 6) is -1.05. The number of ether oxygens (including phenoxy) is 2. The number of amides is 3. The number of esters is 1. The van der Waals surface area contributed by atoms with E-state index in [0.29, 0.717) is 17.0 Å². The van der Waals surface area contributed by atoms with Crippen LogP contribution >= 0.6 is 12.2 Å². The van der Waals surface area contributed by atoms with Crippen molar-refractivity contribution >= 4 is 46.7 Å². The maximum atomic E-state index is 12.7. The molecule has 3 amide bonds. The Morgan fingerprint density at radius 1 is 1.03 bits per heavy atom. The van der Waals surface area contributed by atoms with Crippen molar-refractivity contribution in [3.05, 3.63) is 59.7 Å². The van der Waals surface area contributed by atoms with E-state index < -0.39 is 23.8 Å². The van der Waals surface area contributed by atoms with Crippen molar-refractivity contribution in [1.29, 1.82) is 0 Å². The highest BCUT2D eigenvalue weighted by Crippen LogP contribution is 2.19. The van der Waals surface area contributed by atoms with Crippen molar-refractivity contribution in [1.82, 2.24) is 15.3 Å². The smallest absolute Gasteiger partial charge is 0.338 e. The normalized spacial score (nSPS) is 15.1. The fourth-order valence-electron chi connectivity index (χ4n) is 3.42. The molecule has 0 spiro atoms. The van der Waals surface area contributed by atoms with Gasteiger partial charge >= 0.3 is 5.97 Å². The Labute approximate surface area is 208 Å². The zero-order valence-electron chi connectivity index (χ0n) is 19.6. The Kier molecular flexibility index (Phi) is 8.37. The van der Waals surface area contributed by atoms with E-state index in [2.05, 4.69) is 10.7 Å². The first-order valence-electron chi connectivity index (χ1n) is 10.8.